The molecular weight excluding hydrogens is 282 g/mol. The fourth-order valence-electron chi connectivity index (χ4n) is 2.01. The van der Waals surface area contributed by atoms with Gasteiger partial charge in [0.05, 0.1) is 6.54 Å². The molecule has 0 fully saturated rings. The maximum Gasteiger partial charge on any atom is 0.220 e. The lowest BCUT2D eigenvalue weighted by Crippen LogP contribution is -2.30. The Kier molecular flexibility index (Phi) is 6.40. The van der Waals surface area contributed by atoms with Gasteiger partial charge in [0.25, 0.3) is 0 Å². The molecule has 0 spiro atoms. The second-order valence-corrected chi connectivity index (χ2v) is 6.32. The summed E-state index contributed by atoms with van der Waals surface area (Å²) < 4.78 is 5.75. The SMILES string of the molecule is Cc1ccc(OCCNC(=O)CCC(=O)[O-])c(C(C)(C)C)c1. The van der Waals surface area contributed by atoms with E-state index in [9.17, 15) is 14.7 Å². The maximum atomic E-state index is 11.4. The van der Waals surface area contributed by atoms with Gasteiger partial charge in [0.15, 0.2) is 0 Å². The second kappa shape index (κ2) is 7.82. The van der Waals surface area contributed by atoms with Gasteiger partial charge in [0.1, 0.15) is 12.4 Å². The summed E-state index contributed by atoms with van der Waals surface area (Å²) in [5, 5.41) is 12.9. The van der Waals surface area contributed by atoms with Gasteiger partial charge < -0.3 is 20.0 Å². The zero-order chi connectivity index (χ0) is 16.8. The minimum Gasteiger partial charge on any atom is -0.550 e. The largest absolute Gasteiger partial charge is 0.550 e. The molecule has 122 valence electrons. The molecule has 0 atom stereocenters. The number of hydrogen-bond acceptors (Lipinski definition) is 4. The fourth-order valence-corrected chi connectivity index (χ4v) is 2.01. The Morgan fingerprint density at radius 1 is 1.23 bits per heavy atom. The minimum absolute atomic E-state index is 0.0287. The standard InChI is InChI=1S/C17H25NO4/c1-12-5-6-14(13(11-12)17(2,3)4)22-10-9-18-15(19)7-8-16(20)21/h5-6,11H,7-10H2,1-4H3,(H,18,19)(H,20,21)/p-1. The Morgan fingerprint density at radius 3 is 2.50 bits per heavy atom. The number of rotatable bonds is 7. The molecule has 0 saturated heterocycles. The number of carboxylic acid groups (broad SMARTS) is 1. The van der Waals surface area contributed by atoms with Gasteiger partial charge in [0, 0.05) is 12.4 Å². The minimum atomic E-state index is -1.22. The number of nitrogens with one attached hydrogen (secondary N) is 1. The monoisotopic (exact) mass is 306 g/mol. The van der Waals surface area contributed by atoms with E-state index in [1.54, 1.807) is 0 Å². The van der Waals surface area contributed by atoms with Crippen molar-refractivity contribution in [3.05, 3.63) is 29.3 Å². The van der Waals surface area contributed by atoms with Crippen LogP contribution in [0.1, 0.15) is 44.7 Å². The lowest BCUT2D eigenvalue weighted by molar-refractivity contribution is -0.305. The van der Waals surface area contributed by atoms with Gasteiger partial charge in [0.2, 0.25) is 5.91 Å². The third-order valence-electron chi connectivity index (χ3n) is 3.18. The van der Waals surface area contributed by atoms with Gasteiger partial charge in [-0.05, 0) is 30.4 Å². The molecule has 5 nitrogen and oxygen atoms in total. The Balaban J connectivity index is 2.49. The van der Waals surface area contributed by atoms with E-state index in [4.69, 9.17) is 4.74 Å². The van der Waals surface area contributed by atoms with Gasteiger partial charge in [-0.25, -0.2) is 0 Å². The highest BCUT2D eigenvalue weighted by atomic mass is 16.5. The van der Waals surface area contributed by atoms with Crippen molar-refractivity contribution in [3.8, 4) is 5.75 Å². The highest BCUT2D eigenvalue weighted by molar-refractivity contribution is 5.79. The molecule has 5 heteroatoms. The molecular formula is C17H24NO4-. The van der Waals surface area contributed by atoms with E-state index in [2.05, 4.69) is 32.2 Å². The molecule has 0 aliphatic heterocycles. The Hall–Kier alpha value is -2.04. The van der Waals surface area contributed by atoms with Crippen LogP contribution in [-0.4, -0.2) is 25.0 Å². The van der Waals surface area contributed by atoms with Crippen LogP contribution in [0.2, 0.25) is 0 Å². The average molecular weight is 306 g/mol. The van der Waals surface area contributed by atoms with Crippen molar-refractivity contribution < 1.29 is 19.4 Å². The lowest BCUT2D eigenvalue weighted by Gasteiger charge is -2.23. The normalized spacial score (nSPS) is 11.1. The number of aliphatic carboxylic acids is 1. The smallest absolute Gasteiger partial charge is 0.220 e. The van der Waals surface area contributed by atoms with Crippen LogP contribution in [0.3, 0.4) is 0 Å². The Morgan fingerprint density at radius 2 is 1.91 bits per heavy atom. The summed E-state index contributed by atoms with van der Waals surface area (Å²) in [7, 11) is 0. The quantitative estimate of drug-likeness (QED) is 0.771. The van der Waals surface area contributed by atoms with Gasteiger partial charge >= 0.3 is 0 Å². The number of aryl methyl sites for hydroxylation is 1. The summed E-state index contributed by atoms with van der Waals surface area (Å²) in [5.41, 5.74) is 2.27. The number of carbonyl (C=O) groups excluding carboxylic acids is 2. The van der Waals surface area contributed by atoms with Crippen LogP contribution in [0.4, 0.5) is 0 Å². The topological polar surface area (TPSA) is 78.5 Å². The summed E-state index contributed by atoms with van der Waals surface area (Å²) in [6, 6.07) is 6.03. The summed E-state index contributed by atoms with van der Waals surface area (Å²) in [6.07, 6.45) is -0.334. The highest BCUT2D eigenvalue weighted by Crippen LogP contribution is 2.31. The van der Waals surface area contributed by atoms with E-state index in [1.165, 1.54) is 5.56 Å². The van der Waals surface area contributed by atoms with Crippen molar-refractivity contribution >= 4 is 11.9 Å². The first kappa shape index (κ1) is 18.0. The molecule has 22 heavy (non-hydrogen) atoms. The molecule has 0 bridgehead atoms. The predicted molar refractivity (Wildman–Crippen MR) is 82.6 cm³/mol. The highest BCUT2D eigenvalue weighted by Gasteiger charge is 2.19. The van der Waals surface area contributed by atoms with Crippen LogP contribution in [0.25, 0.3) is 0 Å². The number of ether oxygens (including phenoxy) is 1. The van der Waals surface area contributed by atoms with Crippen molar-refractivity contribution in [2.75, 3.05) is 13.2 Å². The molecule has 1 amide bonds. The molecule has 0 aliphatic carbocycles. The van der Waals surface area contributed by atoms with Crippen molar-refractivity contribution in [1.82, 2.24) is 5.32 Å². The van der Waals surface area contributed by atoms with Crippen LogP contribution in [0.15, 0.2) is 18.2 Å². The van der Waals surface area contributed by atoms with Crippen LogP contribution in [0, 0.1) is 6.92 Å². The van der Waals surface area contributed by atoms with E-state index in [0.717, 1.165) is 11.3 Å². The van der Waals surface area contributed by atoms with Crippen LogP contribution >= 0.6 is 0 Å². The average Bonchev–Trinajstić information content (AvgIpc) is 2.41. The van der Waals surface area contributed by atoms with Crippen molar-refractivity contribution in [2.24, 2.45) is 0 Å². The van der Waals surface area contributed by atoms with E-state index in [-0.39, 0.29) is 24.2 Å². The molecule has 0 aromatic heterocycles. The van der Waals surface area contributed by atoms with Crippen LogP contribution < -0.4 is 15.2 Å². The van der Waals surface area contributed by atoms with Crippen LogP contribution in [-0.2, 0) is 15.0 Å². The van der Waals surface area contributed by atoms with Crippen LogP contribution in [0.5, 0.6) is 5.75 Å². The van der Waals surface area contributed by atoms with E-state index < -0.39 is 5.97 Å². The number of amides is 1. The summed E-state index contributed by atoms with van der Waals surface area (Å²) >= 11 is 0. The van der Waals surface area contributed by atoms with E-state index in [1.807, 2.05) is 19.1 Å². The van der Waals surface area contributed by atoms with Gasteiger partial charge in [-0.1, -0.05) is 38.5 Å². The molecule has 1 aromatic carbocycles. The molecule has 0 heterocycles. The first-order valence-corrected chi connectivity index (χ1v) is 7.40. The first-order valence-electron chi connectivity index (χ1n) is 7.40. The fraction of sp³-hybridized carbons (Fsp3) is 0.529. The Labute approximate surface area is 131 Å². The number of carboxylic acids is 1. The molecule has 0 saturated carbocycles. The molecule has 1 N–H and O–H groups in total. The molecule has 1 aromatic rings. The molecule has 0 unspecified atom stereocenters. The summed E-state index contributed by atoms with van der Waals surface area (Å²) in [5.74, 6) is -0.726. The van der Waals surface area contributed by atoms with Crippen molar-refractivity contribution in [1.29, 1.82) is 0 Å². The molecule has 0 radical (unpaired) electrons. The lowest BCUT2D eigenvalue weighted by atomic mass is 9.85. The van der Waals surface area contributed by atoms with E-state index in [0.29, 0.717) is 13.2 Å². The molecule has 0 aliphatic rings. The van der Waals surface area contributed by atoms with E-state index >= 15 is 0 Å². The third kappa shape index (κ3) is 6.16. The summed E-state index contributed by atoms with van der Waals surface area (Å²) in [6.45, 7) is 9.08. The number of carbonyl (C=O) groups is 2. The Bertz CT molecular complexity index is 532. The number of benzene rings is 1. The van der Waals surface area contributed by atoms with Gasteiger partial charge in [-0.3, -0.25) is 4.79 Å². The van der Waals surface area contributed by atoms with Crippen molar-refractivity contribution in [3.63, 3.8) is 0 Å². The molecule has 1 rings (SSSR count). The first-order chi connectivity index (χ1) is 10.2. The number of hydrogen-bond donors (Lipinski definition) is 1. The van der Waals surface area contributed by atoms with Gasteiger partial charge in [-0.15, -0.1) is 0 Å². The summed E-state index contributed by atoms with van der Waals surface area (Å²) in [4.78, 5) is 21.6. The zero-order valence-electron chi connectivity index (χ0n) is 13.7. The maximum absolute atomic E-state index is 11.4. The second-order valence-electron chi connectivity index (χ2n) is 6.32. The van der Waals surface area contributed by atoms with Gasteiger partial charge in [-0.2, -0.15) is 0 Å². The third-order valence-corrected chi connectivity index (χ3v) is 3.18. The van der Waals surface area contributed by atoms with Crippen molar-refractivity contribution in [2.45, 2.75) is 46.0 Å². The predicted octanol–water partition coefficient (Wildman–Crippen LogP) is 1.32. The zero-order valence-corrected chi connectivity index (χ0v) is 13.7.